The molecule has 1 aromatic carbocycles. The largest absolute Gasteiger partial charge is 0.444 e. The second-order valence-corrected chi connectivity index (χ2v) is 13.6. The summed E-state index contributed by atoms with van der Waals surface area (Å²) in [6.07, 6.45) is 2.97. The minimum Gasteiger partial charge on any atom is -0.444 e. The molecule has 1 saturated carbocycles. The van der Waals surface area contributed by atoms with Gasteiger partial charge in [0.25, 0.3) is 0 Å². The van der Waals surface area contributed by atoms with E-state index < -0.39 is 23.3 Å². The molecule has 10 nitrogen and oxygen atoms in total. The molecule has 1 saturated heterocycles. The van der Waals surface area contributed by atoms with Crippen molar-refractivity contribution in [1.82, 2.24) is 19.9 Å². The normalized spacial score (nSPS) is 20.9. The zero-order chi connectivity index (χ0) is 30.4. The van der Waals surface area contributed by atoms with Crippen LogP contribution in [0.5, 0.6) is 0 Å². The highest BCUT2D eigenvalue weighted by Gasteiger charge is 2.61. The number of fused-ring (bicyclic) bond motifs is 5. The standard InChI is InChI=1S/C30H29F2N7O3S/c1-29(2,3)42-28(40)37-26-15(7-33)21-24(34-9-19(31)25(21)43-26)20-18-12-41-11-17(18)16-8-35-27(36-23(16)22(20)32)39-10-14-6-30(14,13-39)38(4)5/h8-9,14H,6,10-13H2,1-5H3,(H,37,40)/t14-,30-/m1/s1. The number of thiophene rings is 1. The van der Waals surface area contributed by atoms with Crippen molar-refractivity contribution in [1.29, 1.82) is 5.26 Å². The van der Waals surface area contributed by atoms with Gasteiger partial charge < -0.3 is 19.3 Å². The van der Waals surface area contributed by atoms with E-state index in [4.69, 9.17) is 14.5 Å². The highest BCUT2D eigenvalue weighted by molar-refractivity contribution is 7.23. The first kappa shape index (κ1) is 27.8. The fourth-order valence-corrected chi connectivity index (χ4v) is 7.49. The SMILES string of the molecule is CN(C)[C@@]12C[C@@H]1CN(c1ncc3c4c(c(-c5ncc(F)c6sc(NC(=O)OC(C)(C)C)c(C#N)c56)c(F)c3n1)COC4)C2. The number of amides is 1. The van der Waals surface area contributed by atoms with Gasteiger partial charge in [0, 0.05) is 41.2 Å². The second kappa shape index (κ2) is 9.51. The van der Waals surface area contributed by atoms with Crippen LogP contribution in [0, 0.1) is 28.9 Å². The molecule has 1 N–H and O–H groups in total. The van der Waals surface area contributed by atoms with Gasteiger partial charge in [0.05, 0.1) is 35.4 Å². The van der Waals surface area contributed by atoms with Crippen molar-refractivity contribution >= 4 is 49.4 Å². The number of nitriles is 1. The van der Waals surface area contributed by atoms with Crippen molar-refractivity contribution in [2.45, 2.75) is 51.5 Å². The molecular weight excluding hydrogens is 576 g/mol. The Morgan fingerprint density at radius 1 is 1.26 bits per heavy atom. The van der Waals surface area contributed by atoms with Crippen LogP contribution in [0.25, 0.3) is 32.2 Å². The van der Waals surface area contributed by atoms with Crippen LogP contribution in [0.2, 0.25) is 0 Å². The first-order valence-corrected chi connectivity index (χ1v) is 14.7. The molecule has 2 fully saturated rings. The number of nitrogens with zero attached hydrogens (tertiary/aromatic N) is 6. The number of halogens is 2. The van der Waals surface area contributed by atoms with Crippen LogP contribution in [0.1, 0.15) is 43.9 Å². The van der Waals surface area contributed by atoms with E-state index in [1.54, 1.807) is 27.0 Å². The highest BCUT2D eigenvalue weighted by Crippen LogP contribution is 2.53. The van der Waals surface area contributed by atoms with E-state index in [9.17, 15) is 10.1 Å². The number of rotatable bonds is 4. The summed E-state index contributed by atoms with van der Waals surface area (Å²) >= 11 is 0.867. The monoisotopic (exact) mass is 605 g/mol. The average Bonchev–Trinajstić information content (AvgIpc) is 3.29. The van der Waals surface area contributed by atoms with Crippen molar-refractivity contribution < 1.29 is 23.0 Å². The van der Waals surface area contributed by atoms with Crippen LogP contribution in [-0.2, 0) is 22.7 Å². The van der Waals surface area contributed by atoms with Gasteiger partial charge in [-0.15, -0.1) is 11.3 Å². The van der Waals surface area contributed by atoms with Gasteiger partial charge in [0.15, 0.2) is 11.6 Å². The van der Waals surface area contributed by atoms with Gasteiger partial charge in [-0.25, -0.2) is 23.5 Å². The molecule has 1 aliphatic carbocycles. The summed E-state index contributed by atoms with van der Waals surface area (Å²) in [5, 5.41) is 13.4. The number of hydrogen-bond acceptors (Lipinski definition) is 10. The molecule has 0 radical (unpaired) electrons. The maximum Gasteiger partial charge on any atom is 0.412 e. The molecule has 2 atom stereocenters. The third-order valence-electron chi connectivity index (χ3n) is 8.60. The molecule has 222 valence electrons. The van der Waals surface area contributed by atoms with Crippen LogP contribution in [0.3, 0.4) is 0 Å². The molecule has 0 bridgehead atoms. The minimum absolute atomic E-state index is 0.0336. The number of likely N-dealkylation sites (N-methyl/N-ethyl adjacent to an activating group) is 1. The van der Waals surface area contributed by atoms with Crippen molar-refractivity contribution in [2.24, 2.45) is 5.92 Å². The first-order chi connectivity index (χ1) is 20.4. The smallest absolute Gasteiger partial charge is 0.412 e. The van der Waals surface area contributed by atoms with Crippen LogP contribution in [0.15, 0.2) is 12.4 Å². The molecule has 1 amide bonds. The summed E-state index contributed by atoms with van der Waals surface area (Å²) < 4.78 is 43.0. The maximum absolute atomic E-state index is 16.8. The Kier molecular flexibility index (Phi) is 6.15. The van der Waals surface area contributed by atoms with Gasteiger partial charge in [-0.05, 0) is 58.3 Å². The number of piperidine rings is 1. The number of hydrogen-bond donors (Lipinski definition) is 1. The van der Waals surface area contributed by atoms with Gasteiger partial charge in [0.1, 0.15) is 22.2 Å². The number of aromatic nitrogens is 3. The van der Waals surface area contributed by atoms with Crippen LogP contribution in [0.4, 0.5) is 24.5 Å². The Labute approximate surface area is 250 Å². The van der Waals surface area contributed by atoms with Gasteiger partial charge in [0.2, 0.25) is 5.95 Å². The van der Waals surface area contributed by atoms with Crippen LogP contribution >= 0.6 is 11.3 Å². The third kappa shape index (κ3) is 4.30. The fraction of sp³-hybridized carbons (Fsp3) is 0.433. The van der Waals surface area contributed by atoms with Crippen LogP contribution < -0.4 is 10.2 Å². The number of carbonyl (C=O) groups is 1. The third-order valence-corrected chi connectivity index (χ3v) is 9.71. The molecule has 13 heteroatoms. The van der Waals surface area contributed by atoms with E-state index in [0.29, 0.717) is 22.8 Å². The van der Waals surface area contributed by atoms with Crippen molar-refractivity contribution in [3.8, 4) is 17.3 Å². The molecule has 4 aromatic rings. The van der Waals surface area contributed by atoms with Crippen molar-refractivity contribution in [3.63, 3.8) is 0 Å². The molecule has 7 rings (SSSR count). The van der Waals surface area contributed by atoms with E-state index in [1.807, 2.05) is 0 Å². The van der Waals surface area contributed by atoms with E-state index >= 15 is 8.78 Å². The van der Waals surface area contributed by atoms with Gasteiger partial charge in [-0.3, -0.25) is 10.3 Å². The lowest BCUT2D eigenvalue weighted by Gasteiger charge is -2.25. The van der Waals surface area contributed by atoms with E-state index in [-0.39, 0.29) is 56.2 Å². The summed E-state index contributed by atoms with van der Waals surface area (Å²) in [5.41, 5.74) is 0.842. The summed E-state index contributed by atoms with van der Waals surface area (Å²) in [6.45, 7) is 6.99. The summed E-state index contributed by atoms with van der Waals surface area (Å²) in [6, 6.07) is 2.06. The topological polar surface area (TPSA) is 116 Å². The zero-order valence-corrected chi connectivity index (χ0v) is 25.2. The number of anilines is 2. The Morgan fingerprint density at radius 3 is 2.72 bits per heavy atom. The maximum atomic E-state index is 16.8. The van der Waals surface area contributed by atoms with E-state index in [0.717, 1.165) is 42.6 Å². The predicted octanol–water partition coefficient (Wildman–Crippen LogP) is 5.57. The van der Waals surface area contributed by atoms with E-state index in [2.05, 4.69) is 45.2 Å². The predicted molar refractivity (Wildman–Crippen MR) is 158 cm³/mol. The zero-order valence-electron chi connectivity index (χ0n) is 24.3. The second-order valence-electron chi connectivity index (χ2n) is 12.6. The Bertz CT molecular complexity index is 1900. The summed E-state index contributed by atoms with van der Waals surface area (Å²) in [5.74, 6) is -0.386. The number of pyridine rings is 1. The molecule has 2 aliphatic heterocycles. The van der Waals surface area contributed by atoms with Gasteiger partial charge >= 0.3 is 6.09 Å². The lowest BCUT2D eigenvalue weighted by atomic mass is 9.94. The van der Waals surface area contributed by atoms with Crippen molar-refractivity contribution in [3.05, 3.63) is 40.7 Å². The quantitative estimate of drug-likeness (QED) is 0.319. The highest BCUT2D eigenvalue weighted by atomic mass is 32.1. The van der Waals surface area contributed by atoms with Gasteiger partial charge in [-0.1, -0.05) is 0 Å². The number of ether oxygens (including phenoxy) is 2. The molecule has 43 heavy (non-hydrogen) atoms. The molecule has 3 aliphatic rings. The Hall–Kier alpha value is -3.99. The van der Waals surface area contributed by atoms with Crippen molar-refractivity contribution in [2.75, 3.05) is 37.4 Å². The molecule has 3 aromatic heterocycles. The molecule has 0 unspecified atom stereocenters. The molecule has 0 spiro atoms. The first-order valence-electron chi connectivity index (χ1n) is 13.9. The molecular formula is C30H29F2N7O3S. The summed E-state index contributed by atoms with van der Waals surface area (Å²) in [4.78, 5) is 30.5. The minimum atomic E-state index is -0.795. The van der Waals surface area contributed by atoms with Gasteiger partial charge in [-0.2, -0.15) is 5.26 Å². The Balaban J connectivity index is 1.39. The lowest BCUT2D eigenvalue weighted by Crippen LogP contribution is -2.38. The lowest BCUT2D eigenvalue weighted by molar-refractivity contribution is 0.0636. The molecule has 5 heterocycles. The van der Waals surface area contributed by atoms with Crippen LogP contribution in [-0.4, -0.2) is 64.3 Å². The number of carbonyl (C=O) groups excluding carboxylic acids is 1. The Morgan fingerprint density at radius 2 is 2.02 bits per heavy atom. The summed E-state index contributed by atoms with van der Waals surface area (Å²) in [7, 11) is 4.15. The average molecular weight is 606 g/mol. The van der Waals surface area contributed by atoms with E-state index in [1.165, 1.54) is 0 Å². The number of benzene rings is 1. The fourth-order valence-electron chi connectivity index (χ4n) is 6.45. The number of nitrogens with one attached hydrogen (secondary N) is 1.